The van der Waals surface area contributed by atoms with E-state index in [1.807, 2.05) is 0 Å². The van der Waals surface area contributed by atoms with E-state index in [1.54, 1.807) is 18.2 Å². The lowest BCUT2D eigenvalue weighted by Gasteiger charge is -2.17. The third-order valence-electron chi connectivity index (χ3n) is 5.48. The zero-order chi connectivity index (χ0) is 26.4. The fourth-order valence-electron chi connectivity index (χ4n) is 3.78. The summed E-state index contributed by atoms with van der Waals surface area (Å²) in [7, 11) is -7.05. The maximum Gasteiger partial charge on any atom is 0.284 e. The monoisotopic (exact) mass is 555 g/mol. The quantitative estimate of drug-likeness (QED) is 0.474. The Morgan fingerprint density at radius 1 is 0.838 bits per heavy atom. The third-order valence-corrected chi connectivity index (χ3v) is 9.58. The largest absolute Gasteiger partial charge is 0.497 e. The van der Waals surface area contributed by atoms with Crippen LogP contribution in [0.15, 0.2) is 98.0 Å². The second-order valence-corrected chi connectivity index (χ2v) is 12.1. The van der Waals surface area contributed by atoms with Crippen molar-refractivity contribution in [1.29, 1.82) is 0 Å². The predicted molar refractivity (Wildman–Crippen MR) is 138 cm³/mol. The Morgan fingerprint density at radius 3 is 2.16 bits per heavy atom. The van der Waals surface area contributed by atoms with Gasteiger partial charge in [0.15, 0.2) is 5.17 Å². The van der Waals surface area contributed by atoms with Crippen molar-refractivity contribution in [1.82, 2.24) is 5.32 Å². The van der Waals surface area contributed by atoms with Crippen LogP contribution in [0.1, 0.15) is 5.56 Å². The molecule has 1 fully saturated rings. The summed E-state index contributed by atoms with van der Waals surface area (Å²) in [6.45, 7) is 0. The van der Waals surface area contributed by atoms with E-state index in [4.69, 9.17) is 4.74 Å². The Hall–Kier alpha value is -3.94. The average molecular weight is 556 g/mol. The summed E-state index contributed by atoms with van der Waals surface area (Å²) in [6.07, 6.45) is 0. The first kappa shape index (κ1) is 24.7. The van der Waals surface area contributed by atoms with Gasteiger partial charge in [-0.25, -0.2) is 8.42 Å². The van der Waals surface area contributed by atoms with Crippen molar-refractivity contribution >= 4 is 60.1 Å². The molecule has 0 spiro atoms. The van der Waals surface area contributed by atoms with E-state index in [1.165, 1.54) is 67.8 Å². The van der Waals surface area contributed by atoms with Crippen molar-refractivity contribution in [2.24, 2.45) is 4.40 Å². The highest BCUT2D eigenvalue weighted by Gasteiger charge is 2.45. The normalized spacial score (nSPS) is 18.7. The molecule has 13 heteroatoms. The summed E-state index contributed by atoms with van der Waals surface area (Å²) in [5, 5.41) is 2.11. The summed E-state index contributed by atoms with van der Waals surface area (Å²) in [4.78, 5) is 26.0. The van der Waals surface area contributed by atoms with E-state index < -0.39 is 31.9 Å². The van der Waals surface area contributed by atoms with Crippen molar-refractivity contribution in [3.63, 3.8) is 0 Å². The van der Waals surface area contributed by atoms with Gasteiger partial charge in [-0.3, -0.25) is 14.9 Å². The third kappa shape index (κ3) is 4.30. The second kappa shape index (κ2) is 9.18. The van der Waals surface area contributed by atoms with Gasteiger partial charge in [-0.2, -0.15) is 12.7 Å². The number of carbonyl (C=O) groups excluding carboxylic acids is 2. The first-order valence-corrected chi connectivity index (χ1v) is 14.3. The van der Waals surface area contributed by atoms with Crippen LogP contribution in [-0.4, -0.2) is 40.9 Å². The summed E-state index contributed by atoms with van der Waals surface area (Å²) < 4.78 is 61.7. The number of ether oxygens (including phenoxy) is 1. The minimum absolute atomic E-state index is 0.0708. The number of fused-ring (bicyclic) bond motifs is 1. The molecule has 2 aliphatic heterocycles. The SMILES string of the molecule is COc1ccc(S(=O)(=O)N2C(=O)/C(=C3\SC(=NS(=O)(=O)c4ccccc4)NC3=O)c3ccccc32)cc1. The molecule has 2 amide bonds. The van der Waals surface area contributed by atoms with Crippen molar-refractivity contribution in [2.75, 3.05) is 11.4 Å². The maximum atomic E-state index is 13.6. The molecule has 0 bridgehead atoms. The zero-order valence-electron chi connectivity index (χ0n) is 19.0. The molecule has 0 aliphatic carbocycles. The molecule has 0 radical (unpaired) electrons. The summed E-state index contributed by atoms with van der Waals surface area (Å²) in [6, 6.07) is 19.1. The van der Waals surface area contributed by atoms with Crippen LogP contribution in [0.5, 0.6) is 5.75 Å². The molecule has 2 aliphatic rings. The van der Waals surface area contributed by atoms with Crippen LogP contribution in [0, 0.1) is 0 Å². The Labute approximate surface area is 216 Å². The highest BCUT2D eigenvalue weighted by Crippen LogP contribution is 2.45. The molecule has 37 heavy (non-hydrogen) atoms. The van der Waals surface area contributed by atoms with Crippen LogP contribution in [0.25, 0.3) is 5.57 Å². The Bertz CT molecular complexity index is 1710. The molecule has 3 aromatic rings. The summed E-state index contributed by atoms with van der Waals surface area (Å²) in [5.41, 5.74) is 0.119. The van der Waals surface area contributed by atoms with Crippen molar-refractivity contribution < 1.29 is 31.2 Å². The molecule has 188 valence electrons. The highest BCUT2D eigenvalue weighted by molar-refractivity contribution is 8.19. The van der Waals surface area contributed by atoms with E-state index in [9.17, 15) is 26.4 Å². The van der Waals surface area contributed by atoms with E-state index in [-0.39, 0.29) is 36.7 Å². The van der Waals surface area contributed by atoms with Crippen LogP contribution in [0.2, 0.25) is 0 Å². The minimum Gasteiger partial charge on any atom is -0.497 e. The minimum atomic E-state index is -4.36. The number of amides is 2. The van der Waals surface area contributed by atoms with Gasteiger partial charge >= 0.3 is 0 Å². The molecule has 0 atom stereocenters. The Kier molecular flexibility index (Phi) is 6.14. The van der Waals surface area contributed by atoms with Crippen molar-refractivity contribution in [3.05, 3.63) is 89.3 Å². The molecular formula is C24H17N3O7S3. The van der Waals surface area contributed by atoms with E-state index in [2.05, 4.69) is 9.71 Å². The Morgan fingerprint density at radius 2 is 1.49 bits per heavy atom. The van der Waals surface area contributed by atoms with Gasteiger partial charge in [-0.15, -0.1) is 4.40 Å². The highest BCUT2D eigenvalue weighted by atomic mass is 32.2. The fourth-order valence-corrected chi connectivity index (χ4v) is 7.29. The number of rotatable bonds is 5. The lowest BCUT2D eigenvalue weighted by atomic mass is 10.1. The molecule has 0 saturated carbocycles. The molecule has 0 aromatic heterocycles. The maximum absolute atomic E-state index is 13.6. The fraction of sp³-hybridized carbons (Fsp3) is 0.0417. The van der Waals surface area contributed by atoms with E-state index in [0.717, 1.165) is 0 Å². The Balaban J connectivity index is 1.58. The van der Waals surface area contributed by atoms with Crippen LogP contribution in [0.3, 0.4) is 0 Å². The van der Waals surface area contributed by atoms with Gasteiger partial charge in [0.1, 0.15) is 5.75 Å². The first-order valence-electron chi connectivity index (χ1n) is 10.6. The van der Waals surface area contributed by atoms with Crippen molar-refractivity contribution in [3.8, 4) is 5.75 Å². The van der Waals surface area contributed by atoms with E-state index >= 15 is 0 Å². The predicted octanol–water partition coefficient (Wildman–Crippen LogP) is 2.75. The van der Waals surface area contributed by atoms with Gasteiger partial charge in [0, 0.05) is 5.56 Å². The van der Waals surface area contributed by atoms with Gasteiger partial charge in [0.25, 0.3) is 31.9 Å². The number of hydrogen-bond donors (Lipinski definition) is 1. The van der Waals surface area contributed by atoms with Crippen molar-refractivity contribution in [2.45, 2.75) is 9.79 Å². The van der Waals surface area contributed by atoms with Gasteiger partial charge in [0.05, 0.1) is 33.1 Å². The number of hydrogen-bond acceptors (Lipinski definition) is 8. The smallest absolute Gasteiger partial charge is 0.284 e. The molecule has 1 N–H and O–H groups in total. The number of amidine groups is 1. The number of nitrogens with one attached hydrogen (secondary N) is 1. The van der Waals surface area contributed by atoms with Crippen LogP contribution in [0.4, 0.5) is 5.69 Å². The molecule has 10 nitrogen and oxygen atoms in total. The molecule has 0 unspecified atom stereocenters. The molecule has 2 heterocycles. The van der Waals surface area contributed by atoms with Gasteiger partial charge in [-0.05, 0) is 54.2 Å². The van der Waals surface area contributed by atoms with E-state index in [0.29, 0.717) is 21.8 Å². The number of thioether (sulfide) groups is 1. The number of nitrogens with zero attached hydrogens (tertiary/aromatic N) is 2. The molecule has 5 rings (SSSR count). The second-order valence-electron chi connectivity index (χ2n) is 7.71. The number of methoxy groups -OCH3 is 1. The van der Waals surface area contributed by atoms with Gasteiger partial charge < -0.3 is 4.74 Å². The molecule has 1 saturated heterocycles. The van der Waals surface area contributed by atoms with Gasteiger partial charge in [0.2, 0.25) is 0 Å². The van der Waals surface area contributed by atoms with Crippen LogP contribution < -0.4 is 14.4 Å². The average Bonchev–Trinajstić information content (AvgIpc) is 3.39. The summed E-state index contributed by atoms with van der Waals surface area (Å²) >= 11 is 0.649. The lowest BCUT2D eigenvalue weighted by molar-refractivity contribution is -0.116. The van der Waals surface area contributed by atoms with Crippen LogP contribution in [-0.2, 0) is 29.6 Å². The topological polar surface area (TPSA) is 139 Å². The number of benzene rings is 3. The summed E-state index contributed by atoms with van der Waals surface area (Å²) in [5.74, 6) is -1.28. The van der Waals surface area contributed by atoms with Crippen LogP contribution >= 0.6 is 11.8 Å². The zero-order valence-corrected chi connectivity index (χ0v) is 21.4. The number of carbonyl (C=O) groups is 2. The lowest BCUT2D eigenvalue weighted by Crippen LogP contribution is -2.34. The standard InChI is InChI=1S/C24H17N3O7S3/c1-34-15-11-13-17(14-12-15)37(32,33)27-19-10-6-5-9-18(19)20(23(27)29)21-22(28)25-24(35-21)26-36(30,31)16-7-3-2-4-8-16/h2-14H,1H3,(H,25,26,28)/b21-20-. The number of para-hydroxylation sites is 1. The molecular weight excluding hydrogens is 538 g/mol. The van der Waals surface area contributed by atoms with Gasteiger partial charge in [-0.1, -0.05) is 36.4 Å². The number of anilines is 1. The molecule has 3 aromatic carbocycles. The number of sulfonamides is 2. The first-order chi connectivity index (χ1) is 17.6.